The largest absolute Gasteiger partial charge is 0.464 e. The first-order chi connectivity index (χ1) is 6.79. The number of esters is 1. The number of hydrogen-bond donors (Lipinski definition) is 0. The number of nitrogens with zero attached hydrogens (tertiary/aromatic N) is 2. The normalized spacial score (nSPS) is 30.6. The number of carbonyl (C=O) groups is 1. The van der Waals surface area contributed by atoms with Crippen LogP contribution in [0.3, 0.4) is 0 Å². The fraction of sp³-hybridized carbons (Fsp3) is 0.900. The molecule has 0 radical (unpaired) electrons. The van der Waals surface area contributed by atoms with E-state index in [2.05, 4.69) is 16.7 Å². The van der Waals surface area contributed by atoms with Crippen LogP contribution in [0, 0.1) is 0 Å². The molecule has 2 fully saturated rings. The van der Waals surface area contributed by atoms with Crippen LogP contribution in [0.25, 0.3) is 0 Å². The highest BCUT2D eigenvalue weighted by molar-refractivity contribution is 5.72. The maximum atomic E-state index is 11.0. The van der Waals surface area contributed by atoms with Gasteiger partial charge in [0.2, 0.25) is 0 Å². The monoisotopic (exact) mass is 198 g/mol. The van der Waals surface area contributed by atoms with Crippen LogP contribution in [-0.4, -0.2) is 61.1 Å². The van der Waals surface area contributed by atoms with Gasteiger partial charge in [-0.3, -0.25) is 9.69 Å². The van der Waals surface area contributed by atoms with Gasteiger partial charge in [-0.2, -0.15) is 0 Å². The molecule has 0 bridgehead atoms. The molecule has 0 aromatic rings. The topological polar surface area (TPSA) is 32.8 Å². The van der Waals surface area contributed by atoms with E-state index in [1.165, 1.54) is 0 Å². The Morgan fingerprint density at radius 3 is 2.57 bits per heavy atom. The number of rotatable bonds is 2. The number of likely N-dealkylation sites (N-methyl/N-ethyl adjacent to an activating group) is 1. The second kappa shape index (κ2) is 4.28. The number of piperazine rings is 1. The van der Waals surface area contributed by atoms with Gasteiger partial charge in [0.05, 0.1) is 12.5 Å². The highest BCUT2D eigenvalue weighted by Gasteiger charge is 2.30. The molecule has 2 aliphatic heterocycles. The number of ether oxygens (including phenoxy) is 1. The molecule has 14 heavy (non-hydrogen) atoms. The van der Waals surface area contributed by atoms with E-state index in [-0.39, 0.29) is 5.97 Å². The lowest BCUT2D eigenvalue weighted by Crippen LogP contribution is -2.50. The lowest BCUT2D eigenvalue weighted by atomic mass is 10.2. The van der Waals surface area contributed by atoms with Crippen molar-refractivity contribution in [1.82, 2.24) is 9.80 Å². The fourth-order valence-electron chi connectivity index (χ4n) is 2.18. The zero-order valence-electron chi connectivity index (χ0n) is 8.74. The molecule has 1 atom stereocenters. The van der Waals surface area contributed by atoms with Gasteiger partial charge in [0.1, 0.15) is 6.61 Å². The fourth-order valence-corrected chi connectivity index (χ4v) is 2.18. The molecule has 0 aromatic heterocycles. The molecule has 0 aromatic carbocycles. The van der Waals surface area contributed by atoms with Crippen LogP contribution in [0.2, 0.25) is 0 Å². The molecule has 2 saturated heterocycles. The molecule has 0 saturated carbocycles. The summed E-state index contributed by atoms with van der Waals surface area (Å²) in [4.78, 5) is 15.8. The summed E-state index contributed by atoms with van der Waals surface area (Å²) < 4.78 is 4.98. The van der Waals surface area contributed by atoms with E-state index in [0.29, 0.717) is 19.1 Å². The van der Waals surface area contributed by atoms with E-state index in [1.54, 1.807) is 0 Å². The summed E-state index contributed by atoms with van der Waals surface area (Å²) in [5.74, 6) is -0.0343. The maximum absolute atomic E-state index is 11.0. The van der Waals surface area contributed by atoms with Crippen LogP contribution in [-0.2, 0) is 9.53 Å². The smallest absolute Gasteiger partial charge is 0.307 e. The van der Waals surface area contributed by atoms with Crippen LogP contribution in [0.4, 0.5) is 0 Å². The van der Waals surface area contributed by atoms with E-state index >= 15 is 0 Å². The van der Waals surface area contributed by atoms with Crippen molar-refractivity contribution in [1.29, 1.82) is 0 Å². The lowest BCUT2D eigenvalue weighted by Gasteiger charge is -2.36. The second-order valence-electron chi connectivity index (χ2n) is 4.01. The molecule has 4 nitrogen and oxygen atoms in total. The summed E-state index contributed by atoms with van der Waals surface area (Å²) in [7, 11) is 0. The van der Waals surface area contributed by atoms with Gasteiger partial charge in [0.15, 0.2) is 0 Å². The number of hydrogen-bond acceptors (Lipinski definition) is 4. The van der Waals surface area contributed by atoms with E-state index < -0.39 is 0 Å². The predicted octanol–water partition coefficient (Wildman–Crippen LogP) is -0.0606. The summed E-state index contributed by atoms with van der Waals surface area (Å²) >= 11 is 0. The SMILES string of the molecule is CCN1CCN(C2COC(=O)C2)CC1. The van der Waals surface area contributed by atoms with Crippen LogP contribution in [0.1, 0.15) is 13.3 Å². The van der Waals surface area contributed by atoms with Crippen molar-refractivity contribution >= 4 is 5.97 Å². The summed E-state index contributed by atoms with van der Waals surface area (Å²) in [5.41, 5.74) is 0. The minimum absolute atomic E-state index is 0.0343. The van der Waals surface area contributed by atoms with Crippen molar-refractivity contribution in [3.05, 3.63) is 0 Å². The highest BCUT2D eigenvalue weighted by Crippen LogP contribution is 2.15. The molecule has 0 spiro atoms. The van der Waals surface area contributed by atoms with Crippen molar-refractivity contribution in [3.8, 4) is 0 Å². The highest BCUT2D eigenvalue weighted by atomic mass is 16.5. The lowest BCUT2D eigenvalue weighted by molar-refractivity contribution is -0.137. The molecule has 80 valence electrons. The van der Waals surface area contributed by atoms with Crippen molar-refractivity contribution in [2.45, 2.75) is 19.4 Å². The Morgan fingerprint density at radius 1 is 1.36 bits per heavy atom. The summed E-state index contributed by atoms with van der Waals surface area (Å²) in [5, 5.41) is 0. The zero-order valence-corrected chi connectivity index (χ0v) is 8.74. The van der Waals surface area contributed by atoms with Crippen LogP contribution in [0.15, 0.2) is 0 Å². The number of cyclic esters (lactones) is 1. The third-order valence-corrected chi connectivity index (χ3v) is 3.21. The van der Waals surface area contributed by atoms with Gasteiger partial charge >= 0.3 is 5.97 Å². The summed E-state index contributed by atoms with van der Waals surface area (Å²) in [6.45, 7) is 8.34. The van der Waals surface area contributed by atoms with Gasteiger partial charge in [-0.05, 0) is 6.54 Å². The molecule has 0 aliphatic carbocycles. The molecule has 0 N–H and O–H groups in total. The standard InChI is InChI=1S/C10H18N2O2/c1-2-11-3-5-12(6-4-11)9-7-10(13)14-8-9/h9H,2-8H2,1H3. The van der Waals surface area contributed by atoms with Crippen molar-refractivity contribution in [3.63, 3.8) is 0 Å². The minimum Gasteiger partial charge on any atom is -0.464 e. The van der Waals surface area contributed by atoms with Crippen LogP contribution < -0.4 is 0 Å². The molecule has 2 heterocycles. The van der Waals surface area contributed by atoms with E-state index in [1.807, 2.05) is 0 Å². The van der Waals surface area contributed by atoms with E-state index in [0.717, 1.165) is 32.7 Å². The third-order valence-electron chi connectivity index (χ3n) is 3.21. The zero-order chi connectivity index (χ0) is 9.97. The molecule has 1 unspecified atom stereocenters. The molecule has 2 rings (SSSR count). The Balaban J connectivity index is 1.80. The first kappa shape index (κ1) is 9.93. The number of carbonyl (C=O) groups excluding carboxylic acids is 1. The van der Waals surface area contributed by atoms with Gasteiger partial charge in [-0.15, -0.1) is 0 Å². The Kier molecular flexibility index (Phi) is 3.03. The molecule has 2 aliphatic rings. The van der Waals surface area contributed by atoms with E-state index in [9.17, 15) is 4.79 Å². The van der Waals surface area contributed by atoms with Crippen LogP contribution >= 0.6 is 0 Å². The Labute approximate surface area is 84.8 Å². The summed E-state index contributed by atoms with van der Waals surface area (Å²) in [6, 6.07) is 0.349. The quantitative estimate of drug-likeness (QED) is 0.582. The Bertz CT molecular complexity index is 212. The molecular formula is C10H18N2O2. The molecule has 0 amide bonds. The Hall–Kier alpha value is -0.610. The molecule has 4 heteroatoms. The Morgan fingerprint density at radius 2 is 2.07 bits per heavy atom. The maximum Gasteiger partial charge on any atom is 0.307 e. The van der Waals surface area contributed by atoms with Gasteiger partial charge in [0.25, 0.3) is 0 Å². The second-order valence-corrected chi connectivity index (χ2v) is 4.01. The van der Waals surface area contributed by atoms with Gasteiger partial charge < -0.3 is 9.64 Å². The minimum atomic E-state index is -0.0343. The van der Waals surface area contributed by atoms with Gasteiger partial charge in [-0.25, -0.2) is 0 Å². The average molecular weight is 198 g/mol. The van der Waals surface area contributed by atoms with Gasteiger partial charge in [0, 0.05) is 26.2 Å². The first-order valence-corrected chi connectivity index (χ1v) is 5.41. The van der Waals surface area contributed by atoms with Crippen molar-refractivity contribution in [2.24, 2.45) is 0 Å². The van der Waals surface area contributed by atoms with E-state index in [4.69, 9.17) is 4.74 Å². The summed E-state index contributed by atoms with van der Waals surface area (Å²) in [6.07, 6.45) is 0.589. The van der Waals surface area contributed by atoms with Gasteiger partial charge in [-0.1, -0.05) is 6.92 Å². The average Bonchev–Trinajstić information content (AvgIpc) is 2.65. The third kappa shape index (κ3) is 2.07. The first-order valence-electron chi connectivity index (χ1n) is 5.41. The predicted molar refractivity (Wildman–Crippen MR) is 53.1 cm³/mol. The van der Waals surface area contributed by atoms with Crippen molar-refractivity contribution < 1.29 is 9.53 Å². The van der Waals surface area contributed by atoms with Crippen LogP contribution in [0.5, 0.6) is 0 Å². The van der Waals surface area contributed by atoms with Crippen molar-refractivity contribution in [2.75, 3.05) is 39.3 Å². The molecular weight excluding hydrogens is 180 g/mol.